The van der Waals surface area contributed by atoms with Gasteiger partial charge in [0, 0.05) is 34.6 Å². The number of thiophene rings is 1. The highest BCUT2D eigenvalue weighted by molar-refractivity contribution is 7.23. The fourth-order valence-electron chi connectivity index (χ4n) is 5.62. The van der Waals surface area contributed by atoms with Crippen molar-refractivity contribution in [2.45, 2.75) is 64.1 Å². The molecule has 0 bridgehead atoms. The second-order valence-electron chi connectivity index (χ2n) is 11.0. The Labute approximate surface area is 231 Å². The number of carbonyl (C=O) groups is 2. The van der Waals surface area contributed by atoms with E-state index in [-0.39, 0.29) is 23.4 Å². The number of para-hydroxylation sites is 1. The average molecular weight is 544 g/mol. The Hall–Kier alpha value is -3.91. The maximum Gasteiger partial charge on any atom is 0.407 e. The zero-order chi connectivity index (χ0) is 27.7. The van der Waals surface area contributed by atoms with E-state index in [9.17, 15) is 19.5 Å². The van der Waals surface area contributed by atoms with Crippen molar-refractivity contribution < 1.29 is 14.7 Å². The third kappa shape index (κ3) is 5.34. The van der Waals surface area contributed by atoms with Gasteiger partial charge in [-0.3, -0.25) is 14.2 Å². The molecule has 0 spiro atoms. The Balaban J connectivity index is 1.52. The largest absolute Gasteiger partial charge is 0.465 e. The van der Waals surface area contributed by atoms with Crippen molar-refractivity contribution in [3.05, 3.63) is 94.3 Å². The summed E-state index contributed by atoms with van der Waals surface area (Å²) in [4.78, 5) is 41.2. The van der Waals surface area contributed by atoms with Crippen molar-refractivity contribution in [3.63, 3.8) is 0 Å². The van der Waals surface area contributed by atoms with Gasteiger partial charge in [-0.25, -0.2) is 4.79 Å². The fraction of sp³-hybridized carbons (Fsp3) is 0.323. The minimum atomic E-state index is -0.891. The molecule has 2 heterocycles. The van der Waals surface area contributed by atoms with Crippen LogP contribution >= 0.6 is 11.3 Å². The number of rotatable bonds is 6. The molecule has 5 rings (SSSR count). The van der Waals surface area contributed by atoms with Gasteiger partial charge in [-0.05, 0) is 64.7 Å². The van der Waals surface area contributed by atoms with Crippen LogP contribution in [0.4, 0.5) is 9.80 Å². The number of hydrogen-bond donors (Lipinski definition) is 2. The lowest BCUT2D eigenvalue weighted by molar-refractivity contribution is 0.0556. The van der Waals surface area contributed by atoms with E-state index in [1.807, 2.05) is 69.3 Å². The number of carbonyl (C=O) groups excluding carboxylic acids is 1. The molecule has 4 aromatic rings. The summed E-state index contributed by atoms with van der Waals surface area (Å²) in [5, 5.41) is 14.9. The summed E-state index contributed by atoms with van der Waals surface area (Å²) >= 11 is 1.42. The predicted octanol–water partition coefficient (Wildman–Crippen LogP) is 6.78. The molecule has 39 heavy (non-hydrogen) atoms. The van der Waals surface area contributed by atoms with Crippen LogP contribution in [0, 0.1) is 0 Å². The quantitative estimate of drug-likeness (QED) is 0.262. The summed E-state index contributed by atoms with van der Waals surface area (Å²) in [6.07, 6.45) is 2.15. The standard InChI is InChI=1S/C31H33N3O4S/c1-31(2,3)34(30(37)38)23-16-14-21(15-17-23)32-28-26(27(36)20-10-6-4-7-11-20)24-18-19-25(35)33(29(24)39-28)22-12-8-5-9-13-22/h4-13,18-19,21,23,32H,14-17H2,1-3H3,(H,37,38). The highest BCUT2D eigenvalue weighted by Crippen LogP contribution is 2.39. The van der Waals surface area contributed by atoms with E-state index in [2.05, 4.69) is 5.32 Å². The predicted molar refractivity (Wildman–Crippen MR) is 157 cm³/mol. The molecule has 1 fully saturated rings. The van der Waals surface area contributed by atoms with E-state index in [1.165, 1.54) is 17.4 Å². The lowest BCUT2D eigenvalue weighted by atomic mass is 9.88. The molecule has 8 heteroatoms. The monoisotopic (exact) mass is 543 g/mol. The maximum absolute atomic E-state index is 13.9. The number of benzene rings is 2. The minimum Gasteiger partial charge on any atom is -0.465 e. The minimum absolute atomic E-state index is 0.0448. The van der Waals surface area contributed by atoms with Gasteiger partial charge < -0.3 is 15.3 Å². The lowest BCUT2D eigenvalue weighted by Crippen LogP contribution is -2.52. The molecule has 1 amide bonds. The van der Waals surface area contributed by atoms with Crippen molar-refractivity contribution in [1.82, 2.24) is 9.47 Å². The van der Waals surface area contributed by atoms with E-state index < -0.39 is 11.6 Å². The highest BCUT2D eigenvalue weighted by atomic mass is 32.1. The van der Waals surface area contributed by atoms with Crippen LogP contribution in [0.1, 0.15) is 62.4 Å². The third-order valence-corrected chi connectivity index (χ3v) is 8.47. The second kappa shape index (κ2) is 10.7. The molecule has 2 N–H and O–H groups in total. The Morgan fingerprint density at radius 1 is 0.923 bits per heavy atom. The molecular formula is C31H33N3O4S. The summed E-state index contributed by atoms with van der Waals surface area (Å²) < 4.78 is 1.66. The van der Waals surface area contributed by atoms with Crippen LogP contribution in [0.5, 0.6) is 0 Å². The number of hydrogen-bond acceptors (Lipinski definition) is 5. The molecule has 0 atom stereocenters. The SMILES string of the molecule is CC(C)(C)N(C(=O)O)C1CCC(Nc2sc3c(ccc(=O)n3-c3ccccc3)c2C(=O)c2ccccc2)CC1. The van der Waals surface area contributed by atoms with Crippen LogP contribution in [0.2, 0.25) is 0 Å². The molecule has 1 aliphatic carbocycles. The van der Waals surface area contributed by atoms with Crippen LogP contribution in [-0.2, 0) is 0 Å². The van der Waals surface area contributed by atoms with Gasteiger partial charge in [0.05, 0.1) is 11.3 Å². The van der Waals surface area contributed by atoms with Crippen molar-refractivity contribution >= 4 is 38.4 Å². The average Bonchev–Trinajstić information content (AvgIpc) is 3.26. The molecular weight excluding hydrogens is 510 g/mol. The molecule has 0 radical (unpaired) electrons. The van der Waals surface area contributed by atoms with Gasteiger partial charge in [-0.15, -0.1) is 0 Å². The summed E-state index contributed by atoms with van der Waals surface area (Å²) in [6, 6.07) is 22.0. The number of fused-ring (bicyclic) bond motifs is 1. The van der Waals surface area contributed by atoms with E-state index in [4.69, 9.17) is 0 Å². The van der Waals surface area contributed by atoms with Crippen LogP contribution in [0.25, 0.3) is 15.9 Å². The van der Waals surface area contributed by atoms with Gasteiger partial charge in [0.25, 0.3) is 5.56 Å². The van der Waals surface area contributed by atoms with E-state index in [0.29, 0.717) is 16.0 Å². The smallest absolute Gasteiger partial charge is 0.407 e. The molecule has 7 nitrogen and oxygen atoms in total. The van der Waals surface area contributed by atoms with Gasteiger partial charge >= 0.3 is 6.09 Å². The number of ketones is 1. The number of anilines is 1. The fourth-order valence-corrected chi connectivity index (χ4v) is 6.91. The van der Waals surface area contributed by atoms with Crippen LogP contribution in [0.3, 0.4) is 0 Å². The molecule has 0 unspecified atom stereocenters. The Kier molecular flexibility index (Phi) is 7.32. The third-order valence-electron chi connectivity index (χ3n) is 7.34. The number of nitrogens with one attached hydrogen (secondary N) is 1. The van der Waals surface area contributed by atoms with Crippen LogP contribution in [-0.4, -0.2) is 44.1 Å². The van der Waals surface area contributed by atoms with E-state index >= 15 is 0 Å². The summed E-state index contributed by atoms with van der Waals surface area (Å²) in [6.45, 7) is 5.78. The van der Waals surface area contributed by atoms with Crippen LogP contribution in [0.15, 0.2) is 77.6 Å². The summed E-state index contributed by atoms with van der Waals surface area (Å²) in [5.41, 5.74) is 1.27. The van der Waals surface area contributed by atoms with E-state index in [1.54, 1.807) is 27.7 Å². The molecule has 1 aliphatic rings. The first-order chi connectivity index (χ1) is 18.6. The molecule has 0 aliphatic heterocycles. The molecule has 0 saturated heterocycles. The number of nitrogens with zero attached hydrogens (tertiary/aromatic N) is 2. The summed E-state index contributed by atoms with van der Waals surface area (Å²) in [5.74, 6) is -0.0962. The number of pyridine rings is 1. The number of aromatic nitrogens is 1. The zero-order valence-electron chi connectivity index (χ0n) is 22.4. The van der Waals surface area contributed by atoms with Crippen LogP contribution < -0.4 is 10.9 Å². The van der Waals surface area contributed by atoms with Crippen molar-refractivity contribution in [2.24, 2.45) is 0 Å². The first-order valence-corrected chi connectivity index (χ1v) is 14.1. The normalized spacial score (nSPS) is 17.6. The topological polar surface area (TPSA) is 91.6 Å². The summed E-state index contributed by atoms with van der Waals surface area (Å²) in [7, 11) is 0. The van der Waals surface area contributed by atoms with Crippen molar-refractivity contribution in [2.75, 3.05) is 5.32 Å². The molecule has 2 aromatic carbocycles. The van der Waals surface area contributed by atoms with Crippen molar-refractivity contribution in [1.29, 1.82) is 0 Å². The maximum atomic E-state index is 13.9. The Morgan fingerprint density at radius 3 is 2.13 bits per heavy atom. The molecule has 1 saturated carbocycles. The highest BCUT2D eigenvalue weighted by Gasteiger charge is 2.36. The van der Waals surface area contributed by atoms with Gasteiger partial charge in [0.1, 0.15) is 9.83 Å². The lowest BCUT2D eigenvalue weighted by Gasteiger charge is -2.42. The molecule has 202 valence electrons. The number of amides is 1. The zero-order valence-corrected chi connectivity index (χ0v) is 23.2. The second-order valence-corrected chi connectivity index (χ2v) is 12.0. The Morgan fingerprint density at radius 2 is 1.54 bits per heavy atom. The van der Waals surface area contributed by atoms with Gasteiger partial charge in [0.15, 0.2) is 5.78 Å². The molecule has 2 aromatic heterocycles. The first kappa shape index (κ1) is 26.7. The van der Waals surface area contributed by atoms with Gasteiger partial charge in [-0.1, -0.05) is 59.9 Å². The number of carboxylic acid groups (broad SMARTS) is 1. The van der Waals surface area contributed by atoms with E-state index in [0.717, 1.165) is 41.8 Å². The van der Waals surface area contributed by atoms with Gasteiger partial charge in [-0.2, -0.15) is 0 Å². The Bertz CT molecular complexity index is 1550. The van der Waals surface area contributed by atoms with Crippen molar-refractivity contribution in [3.8, 4) is 5.69 Å². The van der Waals surface area contributed by atoms with Gasteiger partial charge in [0.2, 0.25) is 0 Å². The first-order valence-electron chi connectivity index (χ1n) is 13.3.